The van der Waals surface area contributed by atoms with Crippen molar-refractivity contribution < 1.29 is 21.8 Å². The number of aromatic nitrogens is 2. The van der Waals surface area contributed by atoms with Crippen molar-refractivity contribution in [3.05, 3.63) is 34.6 Å². The van der Waals surface area contributed by atoms with Crippen molar-refractivity contribution in [3.8, 4) is 0 Å². The Balaban J connectivity index is 3.04. The highest BCUT2D eigenvalue weighted by Crippen LogP contribution is 2.36. The van der Waals surface area contributed by atoms with Crippen LogP contribution in [-0.4, -0.2) is 44.2 Å². The molecule has 0 aliphatic heterocycles. The largest absolute Gasteiger partial charge is 0.297 e. The van der Waals surface area contributed by atoms with E-state index in [0.717, 1.165) is 6.07 Å². The molecule has 1 heterocycles. The zero-order valence-electron chi connectivity index (χ0n) is 11.4. The molecule has 0 spiro atoms. The SMILES string of the molecule is CS(=O)(=O)N(c1c([N+](=O)[O-])ccc2nccnc12)S(C)(=O)=O. The second-order valence-electron chi connectivity index (χ2n) is 4.34. The normalized spacial score (nSPS) is 12.3. The molecule has 0 saturated carbocycles. The van der Waals surface area contributed by atoms with Gasteiger partial charge in [0.2, 0.25) is 20.0 Å². The van der Waals surface area contributed by atoms with Gasteiger partial charge in [-0.05, 0) is 6.07 Å². The van der Waals surface area contributed by atoms with Crippen LogP contribution in [0, 0.1) is 10.1 Å². The fourth-order valence-electron chi connectivity index (χ4n) is 1.92. The van der Waals surface area contributed by atoms with Crippen molar-refractivity contribution in [1.29, 1.82) is 0 Å². The first-order valence-corrected chi connectivity index (χ1v) is 9.31. The fraction of sp³-hybridized carbons (Fsp3) is 0.200. The van der Waals surface area contributed by atoms with Gasteiger partial charge in [0, 0.05) is 18.5 Å². The number of anilines is 1. The lowest BCUT2D eigenvalue weighted by Gasteiger charge is -2.20. The zero-order chi connectivity index (χ0) is 16.7. The summed E-state index contributed by atoms with van der Waals surface area (Å²) in [5.74, 6) is 0. The van der Waals surface area contributed by atoms with Crippen LogP contribution in [0.3, 0.4) is 0 Å². The molecule has 0 N–H and O–H groups in total. The fourth-order valence-corrected chi connectivity index (χ4v) is 4.91. The van der Waals surface area contributed by atoms with E-state index >= 15 is 0 Å². The third-order valence-electron chi connectivity index (χ3n) is 2.57. The van der Waals surface area contributed by atoms with E-state index in [1.807, 2.05) is 0 Å². The van der Waals surface area contributed by atoms with E-state index in [9.17, 15) is 26.9 Å². The molecule has 22 heavy (non-hydrogen) atoms. The molecular weight excluding hydrogens is 336 g/mol. The molecule has 0 radical (unpaired) electrons. The Morgan fingerprint density at radius 1 is 1.05 bits per heavy atom. The summed E-state index contributed by atoms with van der Waals surface area (Å²) in [6.07, 6.45) is 3.74. The minimum absolute atomic E-state index is 0.00481. The number of nitrogens with zero attached hydrogens (tertiary/aromatic N) is 4. The van der Waals surface area contributed by atoms with Gasteiger partial charge in [-0.2, -0.15) is 3.71 Å². The molecule has 0 bridgehead atoms. The van der Waals surface area contributed by atoms with E-state index in [1.54, 1.807) is 0 Å². The van der Waals surface area contributed by atoms with E-state index in [-0.39, 0.29) is 14.7 Å². The van der Waals surface area contributed by atoms with Crippen LogP contribution in [-0.2, 0) is 20.0 Å². The smallest absolute Gasteiger partial charge is 0.258 e. The van der Waals surface area contributed by atoms with Gasteiger partial charge in [-0.15, -0.1) is 0 Å². The number of fused-ring (bicyclic) bond motifs is 1. The molecule has 0 atom stereocenters. The molecular formula is C10H10N4O6S2. The Hall–Kier alpha value is -2.34. The summed E-state index contributed by atoms with van der Waals surface area (Å²) in [5, 5.41) is 11.2. The number of benzene rings is 1. The standard InChI is InChI=1S/C10H10N4O6S2/c1-21(17,18)14(22(2,19)20)10-8(13(15)16)4-3-7-9(10)12-6-5-11-7/h3-6H,1-2H3. The van der Waals surface area contributed by atoms with Gasteiger partial charge in [-0.25, -0.2) is 16.8 Å². The van der Waals surface area contributed by atoms with Crippen molar-refractivity contribution >= 4 is 42.5 Å². The molecule has 0 fully saturated rings. The van der Waals surface area contributed by atoms with Gasteiger partial charge in [0.1, 0.15) is 5.52 Å². The van der Waals surface area contributed by atoms with Crippen LogP contribution >= 0.6 is 0 Å². The molecule has 1 aromatic heterocycles. The second-order valence-corrected chi connectivity index (χ2v) is 8.23. The van der Waals surface area contributed by atoms with Crippen LogP contribution in [0.2, 0.25) is 0 Å². The maximum atomic E-state index is 11.9. The van der Waals surface area contributed by atoms with Crippen molar-refractivity contribution in [2.24, 2.45) is 0 Å². The van der Waals surface area contributed by atoms with E-state index < -0.39 is 36.3 Å². The maximum absolute atomic E-state index is 11.9. The third-order valence-corrected chi connectivity index (χ3v) is 5.77. The maximum Gasteiger partial charge on any atom is 0.297 e. The molecule has 118 valence electrons. The van der Waals surface area contributed by atoms with Gasteiger partial charge >= 0.3 is 0 Å². The third kappa shape index (κ3) is 2.82. The number of hydrogen-bond donors (Lipinski definition) is 0. The molecule has 0 unspecified atom stereocenters. The molecule has 0 amide bonds. The average molecular weight is 346 g/mol. The Morgan fingerprint density at radius 3 is 2.09 bits per heavy atom. The Morgan fingerprint density at radius 2 is 1.59 bits per heavy atom. The lowest BCUT2D eigenvalue weighted by molar-refractivity contribution is -0.383. The van der Waals surface area contributed by atoms with Crippen LogP contribution in [0.15, 0.2) is 24.5 Å². The molecule has 0 aliphatic carbocycles. The Kier molecular flexibility index (Phi) is 3.74. The van der Waals surface area contributed by atoms with E-state index in [2.05, 4.69) is 9.97 Å². The molecule has 1 aromatic carbocycles. The number of nitro groups is 1. The predicted molar refractivity (Wildman–Crippen MR) is 78.4 cm³/mol. The van der Waals surface area contributed by atoms with Crippen molar-refractivity contribution in [2.45, 2.75) is 0 Å². The monoisotopic (exact) mass is 346 g/mol. The lowest BCUT2D eigenvalue weighted by atomic mass is 10.2. The molecule has 12 heteroatoms. The summed E-state index contributed by atoms with van der Waals surface area (Å²) >= 11 is 0. The molecule has 2 aromatic rings. The van der Waals surface area contributed by atoms with Crippen LogP contribution in [0.5, 0.6) is 0 Å². The topological polar surface area (TPSA) is 140 Å². The van der Waals surface area contributed by atoms with E-state index in [4.69, 9.17) is 0 Å². The molecule has 10 nitrogen and oxygen atoms in total. The van der Waals surface area contributed by atoms with Crippen molar-refractivity contribution in [1.82, 2.24) is 9.97 Å². The highest BCUT2D eigenvalue weighted by molar-refractivity contribution is 8.09. The summed E-state index contributed by atoms with van der Waals surface area (Å²) in [6.45, 7) is 0. The first-order valence-electron chi connectivity index (χ1n) is 5.62. The molecule has 0 saturated heterocycles. The first kappa shape index (κ1) is 16.0. The van der Waals surface area contributed by atoms with Gasteiger partial charge in [0.15, 0.2) is 5.69 Å². The van der Waals surface area contributed by atoms with Crippen LogP contribution in [0.4, 0.5) is 11.4 Å². The van der Waals surface area contributed by atoms with Crippen LogP contribution in [0.25, 0.3) is 11.0 Å². The summed E-state index contributed by atoms with van der Waals surface area (Å²) in [6, 6.07) is 2.24. The molecule has 0 aliphatic rings. The van der Waals surface area contributed by atoms with E-state index in [0.29, 0.717) is 12.5 Å². The Bertz CT molecular complexity index is 938. The zero-order valence-corrected chi connectivity index (χ0v) is 13.0. The quantitative estimate of drug-likeness (QED) is 0.567. The average Bonchev–Trinajstić information content (AvgIpc) is 2.35. The number of nitro benzene ring substituents is 1. The highest BCUT2D eigenvalue weighted by atomic mass is 32.3. The lowest BCUT2D eigenvalue weighted by Crippen LogP contribution is -2.36. The van der Waals surface area contributed by atoms with Gasteiger partial charge < -0.3 is 0 Å². The minimum Gasteiger partial charge on any atom is -0.258 e. The Labute approximate surface area is 125 Å². The summed E-state index contributed by atoms with van der Waals surface area (Å²) in [4.78, 5) is 18.0. The first-order chi connectivity index (χ1) is 10.0. The predicted octanol–water partition coefficient (Wildman–Crippen LogP) is 0.264. The van der Waals surface area contributed by atoms with Crippen molar-refractivity contribution in [3.63, 3.8) is 0 Å². The van der Waals surface area contributed by atoms with Crippen LogP contribution in [0.1, 0.15) is 0 Å². The van der Waals surface area contributed by atoms with E-state index in [1.165, 1.54) is 18.5 Å². The van der Waals surface area contributed by atoms with Crippen LogP contribution < -0.4 is 3.71 Å². The summed E-state index contributed by atoms with van der Waals surface area (Å²) in [5.41, 5.74) is -1.43. The second kappa shape index (κ2) is 5.14. The number of sulfonamides is 2. The van der Waals surface area contributed by atoms with Gasteiger partial charge in [0.05, 0.1) is 23.0 Å². The number of hydrogen-bond acceptors (Lipinski definition) is 8. The van der Waals surface area contributed by atoms with Gasteiger partial charge in [0.25, 0.3) is 5.69 Å². The minimum atomic E-state index is -4.35. The number of rotatable bonds is 4. The van der Waals surface area contributed by atoms with Gasteiger partial charge in [-0.3, -0.25) is 20.1 Å². The van der Waals surface area contributed by atoms with Gasteiger partial charge in [-0.1, -0.05) is 0 Å². The van der Waals surface area contributed by atoms with Crippen molar-refractivity contribution in [2.75, 3.05) is 16.2 Å². The highest BCUT2D eigenvalue weighted by Gasteiger charge is 2.35. The summed E-state index contributed by atoms with van der Waals surface area (Å²) in [7, 11) is -8.70. The molecule has 2 rings (SSSR count). The summed E-state index contributed by atoms with van der Waals surface area (Å²) < 4.78 is 47.5.